The highest BCUT2D eigenvalue weighted by Gasteiger charge is 2.12. The minimum absolute atomic E-state index is 0.0112. The number of benzene rings is 2. The van der Waals surface area contributed by atoms with Crippen LogP contribution in [0.4, 0.5) is 10.1 Å². The molecule has 0 bridgehead atoms. The van der Waals surface area contributed by atoms with Gasteiger partial charge < -0.3 is 10.5 Å². The molecule has 0 saturated heterocycles. The molecule has 2 aromatic carbocycles. The zero-order valence-electron chi connectivity index (χ0n) is 10.9. The van der Waals surface area contributed by atoms with Gasteiger partial charge in [-0.05, 0) is 30.3 Å². The number of ether oxygens (including phenoxy) is 1. The number of aromatic nitrogens is 1. The summed E-state index contributed by atoms with van der Waals surface area (Å²) in [5.74, 6) is -0.254. The molecule has 0 amide bonds. The van der Waals surface area contributed by atoms with E-state index in [1.165, 1.54) is 18.3 Å². The summed E-state index contributed by atoms with van der Waals surface area (Å²) < 4.78 is 19.5. The van der Waals surface area contributed by atoms with Gasteiger partial charge in [-0.3, -0.25) is 4.98 Å². The number of hydrogen-bond donors (Lipinski definition) is 1. The topological polar surface area (TPSA) is 71.9 Å². The van der Waals surface area contributed by atoms with Crippen LogP contribution in [-0.4, -0.2) is 4.98 Å². The van der Waals surface area contributed by atoms with E-state index in [2.05, 4.69) is 4.98 Å². The van der Waals surface area contributed by atoms with Crippen molar-refractivity contribution in [2.75, 3.05) is 5.73 Å². The van der Waals surface area contributed by atoms with Gasteiger partial charge in [0.15, 0.2) is 17.3 Å². The van der Waals surface area contributed by atoms with E-state index in [9.17, 15) is 4.39 Å². The average Bonchev–Trinajstić information content (AvgIpc) is 2.51. The van der Waals surface area contributed by atoms with Gasteiger partial charge in [0.05, 0.1) is 29.0 Å². The lowest BCUT2D eigenvalue weighted by Crippen LogP contribution is -1.96. The summed E-state index contributed by atoms with van der Waals surface area (Å²) in [6, 6.07) is 13.2. The Bertz CT molecular complexity index is 871. The van der Waals surface area contributed by atoms with Crippen molar-refractivity contribution in [3.05, 3.63) is 60.0 Å². The van der Waals surface area contributed by atoms with Crippen molar-refractivity contribution < 1.29 is 9.13 Å². The van der Waals surface area contributed by atoms with Crippen molar-refractivity contribution in [2.45, 2.75) is 0 Å². The highest BCUT2D eigenvalue weighted by atomic mass is 19.1. The number of rotatable bonds is 2. The first-order valence-electron chi connectivity index (χ1n) is 6.20. The second-order valence-corrected chi connectivity index (χ2v) is 4.42. The van der Waals surface area contributed by atoms with Crippen LogP contribution >= 0.6 is 0 Å². The zero-order chi connectivity index (χ0) is 14.8. The van der Waals surface area contributed by atoms with Crippen molar-refractivity contribution in [2.24, 2.45) is 0 Å². The molecule has 2 N–H and O–H groups in total. The molecule has 5 heteroatoms. The number of fused-ring (bicyclic) bond motifs is 1. The zero-order valence-corrected chi connectivity index (χ0v) is 10.9. The summed E-state index contributed by atoms with van der Waals surface area (Å²) in [7, 11) is 0. The molecule has 0 saturated carbocycles. The second-order valence-electron chi connectivity index (χ2n) is 4.42. The average molecular weight is 279 g/mol. The molecule has 102 valence electrons. The molecule has 3 rings (SSSR count). The predicted molar refractivity (Wildman–Crippen MR) is 77.3 cm³/mol. The van der Waals surface area contributed by atoms with Crippen LogP contribution in [0, 0.1) is 17.1 Å². The highest BCUT2D eigenvalue weighted by Crippen LogP contribution is 2.35. The van der Waals surface area contributed by atoms with E-state index in [1.54, 1.807) is 6.07 Å². The fourth-order valence-electron chi connectivity index (χ4n) is 2.01. The molecule has 0 unspecified atom stereocenters. The summed E-state index contributed by atoms with van der Waals surface area (Å²) >= 11 is 0. The Hall–Kier alpha value is -3.13. The number of halogens is 1. The second kappa shape index (κ2) is 5.10. The van der Waals surface area contributed by atoms with Gasteiger partial charge in [0.1, 0.15) is 0 Å². The Morgan fingerprint density at radius 1 is 1.19 bits per heavy atom. The number of nitrogens with zero attached hydrogens (tertiary/aromatic N) is 2. The lowest BCUT2D eigenvalue weighted by atomic mass is 10.2. The van der Waals surface area contributed by atoms with Gasteiger partial charge >= 0.3 is 0 Å². The van der Waals surface area contributed by atoms with Gasteiger partial charge in [0, 0.05) is 5.39 Å². The molecule has 0 aliphatic rings. The molecule has 0 fully saturated rings. The molecule has 0 aliphatic carbocycles. The maximum atomic E-state index is 13.9. The number of pyridine rings is 1. The van der Waals surface area contributed by atoms with Gasteiger partial charge in [-0.25, -0.2) is 4.39 Å². The van der Waals surface area contributed by atoms with Crippen molar-refractivity contribution in [3.63, 3.8) is 0 Å². The van der Waals surface area contributed by atoms with Crippen molar-refractivity contribution in [1.82, 2.24) is 4.98 Å². The number of nitrogens with two attached hydrogens (primary N) is 1. The van der Waals surface area contributed by atoms with Gasteiger partial charge in [-0.2, -0.15) is 5.26 Å². The molecular weight excluding hydrogens is 269 g/mol. The highest BCUT2D eigenvalue weighted by molar-refractivity contribution is 5.89. The Kier molecular flexibility index (Phi) is 3.13. The van der Waals surface area contributed by atoms with Crippen LogP contribution in [0.3, 0.4) is 0 Å². The van der Waals surface area contributed by atoms with Crippen LogP contribution < -0.4 is 10.5 Å². The number of anilines is 1. The summed E-state index contributed by atoms with van der Waals surface area (Å²) in [5.41, 5.74) is 7.13. The first-order valence-corrected chi connectivity index (χ1v) is 6.20. The lowest BCUT2D eigenvalue weighted by Gasteiger charge is -2.11. The van der Waals surface area contributed by atoms with Crippen molar-refractivity contribution in [1.29, 1.82) is 5.26 Å². The number of nitrogen functional groups attached to an aromatic ring is 1. The van der Waals surface area contributed by atoms with E-state index < -0.39 is 5.82 Å². The van der Waals surface area contributed by atoms with E-state index in [4.69, 9.17) is 15.7 Å². The Balaban J connectivity index is 2.10. The first-order chi connectivity index (χ1) is 10.2. The minimum atomic E-state index is -0.616. The third-order valence-corrected chi connectivity index (χ3v) is 3.03. The van der Waals surface area contributed by atoms with Crippen molar-refractivity contribution >= 4 is 16.6 Å². The van der Waals surface area contributed by atoms with Crippen LogP contribution in [0.1, 0.15) is 5.56 Å². The molecule has 3 aromatic rings. The van der Waals surface area contributed by atoms with E-state index in [0.717, 1.165) is 6.07 Å². The Morgan fingerprint density at radius 3 is 2.76 bits per heavy atom. The van der Waals surface area contributed by atoms with E-state index in [0.29, 0.717) is 22.3 Å². The number of hydrogen-bond acceptors (Lipinski definition) is 4. The van der Waals surface area contributed by atoms with Crippen LogP contribution in [0.25, 0.3) is 10.9 Å². The van der Waals surface area contributed by atoms with Crippen LogP contribution in [-0.2, 0) is 0 Å². The molecular formula is C16H10FN3O. The smallest absolute Gasteiger partial charge is 0.167 e. The fourth-order valence-corrected chi connectivity index (χ4v) is 2.01. The van der Waals surface area contributed by atoms with E-state index in [1.807, 2.05) is 24.3 Å². The van der Waals surface area contributed by atoms with Crippen LogP contribution in [0.5, 0.6) is 11.5 Å². The number of para-hydroxylation sites is 1. The molecule has 1 aromatic heterocycles. The minimum Gasteiger partial charge on any atom is -0.451 e. The molecule has 0 radical (unpaired) electrons. The van der Waals surface area contributed by atoms with E-state index in [-0.39, 0.29) is 11.3 Å². The normalized spacial score (nSPS) is 10.3. The Labute approximate surface area is 120 Å². The van der Waals surface area contributed by atoms with E-state index >= 15 is 0 Å². The molecule has 1 heterocycles. The standard InChI is InChI=1S/C16H10FN3O/c17-12-7-10(8-18)5-6-15(12)21-16-11-3-1-2-4-14(11)20-9-13(16)19/h1-7,9H,19H2. The molecule has 4 nitrogen and oxygen atoms in total. The quantitative estimate of drug-likeness (QED) is 0.777. The van der Waals surface area contributed by atoms with Gasteiger partial charge in [-0.15, -0.1) is 0 Å². The molecule has 0 spiro atoms. The van der Waals surface area contributed by atoms with Crippen LogP contribution in [0.2, 0.25) is 0 Å². The van der Waals surface area contributed by atoms with Crippen LogP contribution in [0.15, 0.2) is 48.7 Å². The largest absolute Gasteiger partial charge is 0.451 e. The lowest BCUT2D eigenvalue weighted by molar-refractivity contribution is 0.448. The molecule has 21 heavy (non-hydrogen) atoms. The third-order valence-electron chi connectivity index (χ3n) is 3.03. The summed E-state index contributed by atoms with van der Waals surface area (Å²) in [6.45, 7) is 0. The molecule has 0 atom stereocenters. The van der Waals surface area contributed by atoms with Crippen molar-refractivity contribution in [3.8, 4) is 17.6 Å². The van der Waals surface area contributed by atoms with Gasteiger partial charge in [0.2, 0.25) is 0 Å². The third kappa shape index (κ3) is 2.35. The van der Waals surface area contributed by atoms with Gasteiger partial charge in [-0.1, -0.05) is 12.1 Å². The first kappa shape index (κ1) is 12.9. The Morgan fingerprint density at radius 2 is 2.00 bits per heavy atom. The maximum Gasteiger partial charge on any atom is 0.167 e. The fraction of sp³-hybridized carbons (Fsp3) is 0. The summed E-state index contributed by atoms with van der Waals surface area (Å²) in [4.78, 5) is 4.19. The maximum absolute atomic E-state index is 13.9. The SMILES string of the molecule is N#Cc1ccc(Oc2c(N)cnc3ccccc23)c(F)c1. The summed E-state index contributed by atoms with van der Waals surface area (Å²) in [6.07, 6.45) is 1.47. The predicted octanol–water partition coefficient (Wildman–Crippen LogP) is 3.62. The number of nitriles is 1. The summed E-state index contributed by atoms with van der Waals surface area (Å²) in [5, 5.41) is 9.44. The van der Waals surface area contributed by atoms with Gasteiger partial charge in [0.25, 0.3) is 0 Å². The molecule has 0 aliphatic heterocycles. The monoisotopic (exact) mass is 279 g/mol.